The lowest BCUT2D eigenvalue weighted by molar-refractivity contribution is -0.141. The number of nitrogens with zero attached hydrogens (tertiary/aromatic N) is 1. The molecule has 0 bridgehead atoms. The number of hydrogen-bond donors (Lipinski definition) is 3. The van der Waals surface area contributed by atoms with E-state index in [4.69, 9.17) is 14.5 Å². The first-order chi connectivity index (χ1) is 22.2. The fourth-order valence-corrected chi connectivity index (χ4v) is 7.31. The zero-order valence-electron chi connectivity index (χ0n) is 26.5. The smallest absolute Gasteiger partial charge is 0.455 e. The van der Waals surface area contributed by atoms with Crippen LogP contribution in [-0.4, -0.2) is 64.3 Å². The number of aromatic hydroxyl groups is 1. The maximum atomic E-state index is 13.9. The molecule has 2 fully saturated rings. The monoisotopic (exact) mass is 629 g/mol. The van der Waals surface area contributed by atoms with Gasteiger partial charge in [0.1, 0.15) is 18.1 Å². The number of imide groups is 1. The highest BCUT2D eigenvalue weighted by atomic mass is 16.5. The number of carbonyl (C=O) groups excluding carboxylic acids is 2. The first-order valence-electron chi connectivity index (χ1n) is 16.5. The lowest BCUT2D eigenvalue weighted by Crippen LogP contribution is -2.46. The molecule has 0 unspecified atom stereocenters. The Bertz CT molecular complexity index is 1440. The lowest BCUT2D eigenvalue weighted by Gasteiger charge is -2.43. The predicted octanol–water partition coefficient (Wildman–Crippen LogP) is 5.88. The number of hydrogen-bond acceptors (Lipinski definition) is 7. The molecule has 1 aliphatic carbocycles. The normalized spacial score (nSPS) is 23.0. The Morgan fingerprint density at radius 3 is 2.48 bits per heavy atom. The van der Waals surface area contributed by atoms with Crippen molar-refractivity contribution in [3.63, 3.8) is 0 Å². The number of carboxylic acids is 1. The third-order valence-electron chi connectivity index (χ3n) is 9.39. The lowest BCUT2D eigenvalue weighted by atomic mass is 9.58. The summed E-state index contributed by atoms with van der Waals surface area (Å²) in [6, 6.07) is 16.6. The predicted molar refractivity (Wildman–Crippen MR) is 175 cm³/mol. The number of ether oxygens (including phenoxy) is 1. The molecule has 5 rings (SSSR count). The van der Waals surface area contributed by atoms with Crippen LogP contribution < -0.4 is 4.74 Å². The standard InChI is InChI=1S/C36H44BNO8/c1-2-9-24(20-25-13-16-27(39)17-14-25)15-18-31-33-26(23-45-28-10-5-3-6-11-28)21-29-34(30(33)22-37(44)46-31)36(43)38(35(29)42)19-8-4-7-12-32(40)41/h3,5-6,10-11,13-14,16-17,20,29-31,34,39,44H,2,4,7-9,12,15,18-19,21-23H2,1H3,(H,40,41)/b24-20+/t29-,30+,31-,34-/m1/s1. The van der Waals surface area contributed by atoms with Gasteiger partial charge in [-0.25, -0.2) is 0 Å². The Labute approximate surface area is 271 Å². The number of aliphatic carboxylic acids is 1. The highest BCUT2D eigenvalue weighted by Crippen LogP contribution is 2.50. The molecule has 2 heterocycles. The summed E-state index contributed by atoms with van der Waals surface area (Å²) < 4.78 is 12.4. The summed E-state index contributed by atoms with van der Waals surface area (Å²) in [5.74, 6) is -1.75. The molecule has 2 aromatic rings. The number of benzene rings is 2. The van der Waals surface area contributed by atoms with E-state index < -0.39 is 31.0 Å². The minimum Gasteiger partial charge on any atom is -0.508 e. The highest BCUT2D eigenvalue weighted by molar-refractivity contribution is 6.43. The van der Waals surface area contributed by atoms with Crippen molar-refractivity contribution in [3.05, 3.63) is 76.9 Å². The van der Waals surface area contributed by atoms with Gasteiger partial charge in [-0.2, -0.15) is 0 Å². The van der Waals surface area contributed by atoms with Gasteiger partial charge in [0.2, 0.25) is 11.8 Å². The molecule has 4 atom stereocenters. The molecule has 46 heavy (non-hydrogen) atoms. The molecule has 2 saturated heterocycles. The Morgan fingerprint density at radius 1 is 1.00 bits per heavy atom. The maximum Gasteiger partial charge on any atom is 0.455 e. The summed E-state index contributed by atoms with van der Waals surface area (Å²) in [6.45, 7) is 2.66. The van der Waals surface area contributed by atoms with Gasteiger partial charge in [0.05, 0.1) is 17.9 Å². The number of unbranched alkanes of at least 4 members (excludes halogenated alkanes) is 2. The number of carboxylic acid groups (broad SMARTS) is 1. The molecule has 0 radical (unpaired) electrons. The Morgan fingerprint density at radius 2 is 1.76 bits per heavy atom. The van der Waals surface area contributed by atoms with Crippen LogP contribution in [0.1, 0.15) is 70.3 Å². The van der Waals surface area contributed by atoms with Crippen molar-refractivity contribution in [2.45, 2.75) is 77.1 Å². The molecular formula is C36H44BNO8. The van der Waals surface area contributed by atoms with Gasteiger partial charge in [0.15, 0.2) is 0 Å². The fourth-order valence-electron chi connectivity index (χ4n) is 7.31. The second-order valence-corrected chi connectivity index (χ2v) is 12.6. The van der Waals surface area contributed by atoms with Crippen LogP contribution in [0.5, 0.6) is 11.5 Å². The van der Waals surface area contributed by atoms with Crippen molar-refractivity contribution in [1.82, 2.24) is 4.90 Å². The minimum absolute atomic E-state index is 0.0661. The van der Waals surface area contributed by atoms with E-state index in [9.17, 15) is 24.5 Å². The molecular weight excluding hydrogens is 585 g/mol. The van der Waals surface area contributed by atoms with E-state index in [1.54, 1.807) is 12.1 Å². The van der Waals surface area contributed by atoms with Crippen LogP contribution in [0.4, 0.5) is 0 Å². The number of para-hydroxylation sites is 1. The van der Waals surface area contributed by atoms with Gasteiger partial charge in [-0.05, 0) is 91.7 Å². The number of carbonyl (C=O) groups is 3. The summed E-state index contributed by atoms with van der Waals surface area (Å²) in [7, 11) is -1.06. The summed E-state index contributed by atoms with van der Waals surface area (Å²) in [5, 5.41) is 29.6. The van der Waals surface area contributed by atoms with Gasteiger partial charge in [-0.15, -0.1) is 0 Å². The van der Waals surface area contributed by atoms with E-state index in [-0.39, 0.29) is 49.4 Å². The van der Waals surface area contributed by atoms with E-state index in [0.717, 1.165) is 36.0 Å². The van der Waals surface area contributed by atoms with Gasteiger partial charge in [0, 0.05) is 13.0 Å². The molecule has 2 amide bonds. The molecule has 0 saturated carbocycles. The summed E-state index contributed by atoms with van der Waals surface area (Å²) in [5.41, 5.74) is 4.16. The van der Waals surface area contributed by atoms with Gasteiger partial charge >= 0.3 is 13.1 Å². The van der Waals surface area contributed by atoms with Gasteiger partial charge in [0.25, 0.3) is 0 Å². The van der Waals surface area contributed by atoms with Crippen molar-refractivity contribution in [1.29, 1.82) is 0 Å². The minimum atomic E-state index is -1.06. The van der Waals surface area contributed by atoms with E-state index >= 15 is 0 Å². The van der Waals surface area contributed by atoms with Crippen LogP contribution >= 0.6 is 0 Å². The van der Waals surface area contributed by atoms with Crippen LogP contribution in [0, 0.1) is 17.8 Å². The maximum absolute atomic E-state index is 13.9. The highest BCUT2D eigenvalue weighted by Gasteiger charge is 2.57. The Hall–Kier alpha value is -3.89. The quantitative estimate of drug-likeness (QED) is 0.0964. The number of rotatable bonds is 15. The largest absolute Gasteiger partial charge is 0.508 e. The second-order valence-electron chi connectivity index (χ2n) is 12.6. The molecule has 244 valence electrons. The number of fused-ring (bicyclic) bond motifs is 3. The van der Waals surface area contributed by atoms with Gasteiger partial charge in [-0.3, -0.25) is 19.3 Å². The van der Waals surface area contributed by atoms with E-state index in [0.29, 0.717) is 37.9 Å². The van der Waals surface area contributed by atoms with Gasteiger partial charge in [-0.1, -0.05) is 61.7 Å². The average molecular weight is 630 g/mol. The van der Waals surface area contributed by atoms with E-state index in [2.05, 4.69) is 13.0 Å². The van der Waals surface area contributed by atoms with Crippen LogP contribution in [0.2, 0.25) is 6.32 Å². The zero-order chi connectivity index (χ0) is 32.6. The van der Waals surface area contributed by atoms with E-state index in [1.165, 1.54) is 10.5 Å². The molecule has 3 N–H and O–H groups in total. The molecule has 10 heteroatoms. The average Bonchev–Trinajstić information content (AvgIpc) is 3.28. The third-order valence-corrected chi connectivity index (χ3v) is 9.39. The summed E-state index contributed by atoms with van der Waals surface area (Å²) in [4.78, 5) is 39.8. The third kappa shape index (κ3) is 8.09. The molecule has 2 aliphatic heterocycles. The number of phenols is 1. The van der Waals surface area contributed by atoms with E-state index in [1.807, 2.05) is 42.5 Å². The first-order valence-corrected chi connectivity index (χ1v) is 16.5. The second kappa shape index (κ2) is 15.6. The van der Waals surface area contributed by atoms with Crippen LogP contribution in [-0.2, 0) is 19.0 Å². The molecule has 3 aliphatic rings. The van der Waals surface area contributed by atoms with Crippen LogP contribution in [0.3, 0.4) is 0 Å². The van der Waals surface area contributed by atoms with Crippen LogP contribution in [0.15, 0.2) is 71.3 Å². The topological polar surface area (TPSA) is 134 Å². The zero-order valence-corrected chi connectivity index (χ0v) is 26.5. The number of phenolic OH excluding ortho intramolecular Hbond substituents is 1. The van der Waals surface area contributed by atoms with Crippen molar-refractivity contribution in [2.75, 3.05) is 13.2 Å². The molecule has 2 aromatic carbocycles. The fraction of sp³-hybridized carbons (Fsp3) is 0.472. The molecule has 0 spiro atoms. The molecule has 9 nitrogen and oxygen atoms in total. The van der Waals surface area contributed by atoms with Crippen molar-refractivity contribution < 1.29 is 39.0 Å². The number of amides is 2. The summed E-state index contributed by atoms with van der Waals surface area (Å²) >= 11 is 0. The van der Waals surface area contributed by atoms with Crippen molar-refractivity contribution in [2.24, 2.45) is 17.8 Å². The Balaban J connectivity index is 1.39. The first kappa shape index (κ1) is 33.5. The number of likely N-dealkylation sites (tertiary alicyclic amines) is 1. The van der Waals surface area contributed by atoms with Crippen molar-refractivity contribution in [3.8, 4) is 11.5 Å². The van der Waals surface area contributed by atoms with Crippen LogP contribution in [0.25, 0.3) is 6.08 Å². The number of allylic oxidation sites excluding steroid dienone is 1. The summed E-state index contributed by atoms with van der Waals surface area (Å²) in [6.07, 6.45) is 7.26. The Kier molecular flexibility index (Phi) is 11.4. The van der Waals surface area contributed by atoms with Gasteiger partial charge < -0.3 is 24.6 Å². The van der Waals surface area contributed by atoms with Crippen molar-refractivity contribution >= 4 is 31.0 Å². The molecule has 0 aromatic heterocycles. The SMILES string of the molecule is CCC/C(=C\c1ccc(O)cc1)CC[C@H]1OB(O)C[C@H]2C1=C(COc1ccccc1)C[C@H]1C(=O)N(CCCCCC(=O)O)C(=O)[C@H]12.